The maximum Gasteiger partial charge on any atom is 0.721 e. The van der Waals surface area contributed by atoms with Crippen LogP contribution in [0.4, 0.5) is 8.63 Å². The molecule has 0 aliphatic rings. The standard InChI is InChI=1S/C3H7BF2O2/c5-4(6)8-3-1-2-7/h7H,1-3H2. The predicted octanol–water partition coefficient (Wildman–Crippen LogP) is 0.309. The Balaban J connectivity index is 2.72. The van der Waals surface area contributed by atoms with Crippen LogP contribution in [0.5, 0.6) is 0 Å². The average Bonchev–Trinajstić information content (AvgIpc) is 1.66. The van der Waals surface area contributed by atoms with E-state index in [4.69, 9.17) is 5.11 Å². The van der Waals surface area contributed by atoms with Crippen LogP contribution < -0.4 is 0 Å². The first-order chi connectivity index (χ1) is 3.77. The van der Waals surface area contributed by atoms with Crippen molar-refractivity contribution in [1.29, 1.82) is 0 Å². The fourth-order valence-corrected chi connectivity index (χ4v) is 0.237. The minimum Gasteiger partial charge on any atom is -0.396 e. The first-order valence-corrected chi connectivity index (χ1v) is 2.28. The van der Waals surface area contributed by atoms with E-state index in [1.165, 1.54) is 0 Å². The third kappa shape index (κ3) is 5.84. The van der Waals surface area contributed by atoms with Crippen molar-refractivity contribution in [3.05, 3.63) is 0 Å². The lowest BCUT2D eigenvalue weighted by atomic mass is 10.3. The second kappa shape index (κ2) is 4.99. The molecule has 8 heavy (non-hydrogen) atoms. The number of hydrogen-bond donors (Lipinski definition) is 1. The lowest BCUT2D eigenvalue weighted by molar-refractivity contribution is 0.207. The zero-order valence-corrected chi connectivity index (χ0v) is 4.31. The minimum absolute atomic E-state index is 0.0752. The van der Waals surface area contributed by atoms with Gasteiger partial charge in [0.2, 0.25) is 0 Å². The van der Waals surface area contributed by atoms with E-state index in [-0.39, 0.29) is 19.6 Å². The van der Waals surface area contributed by atoms with Crippen LogP contribution >= 0.6 is 0 Å². The van der Waals surface area contributed by atoms with E-state index in [9.17, 15) is 8.63 Å². The molecule has 2 nitrogen and oxygen atoms in total. The summed E-state index contributed by atoms with van der Waals surface area (Å²) in [5.74, 6) is 0. The molecular formula is C3H7BF2O2. The number of hydrogen-bond acceptors (Lipinski definition) is 2. The molecule has 0 amide bonds. The SMILES string of the molecule is OCCCOB(F)F. The van der Waals surface area contributed by atoms with Crippen molar-refractivity contribution >= 4 is 7.47 Å². The highest BCUT2D eigenvalue weighted by Crippen LogP contribution is 1.89. The van der Waals surface area contributed by atoms with Gasteiger partial charge in [-0.1, -0.05) is 0 Å². The van der Waals surface area contributed by atoms with E-state index < -0.39 is 7.47 Å². The van der Waals surface area contributed by atoms with Crippen LogP contribution in [0.3, 0.4) is 0 Å². The Labute approximate surface area is 46.7 Å². The normalized spacial score (nSPS) is 9.38. The minimum atomic E-state index is -2.71. The molecule has 0 heterocycles. The monoisotopic (exact) mass is 124 g/mol. The van der Waals surface area contributed by atoms with Crippen molar-refractivity contribution in [3.8, 4) is 0 Å². The van der Waals surface area contributed by atoms with Crippen molar-refractivity contribution in [2.75, 3.05) is 13.2 Å². The first-order valence-electron chi connectivity index (χ1n) is 2.28. The quantitative estimate of drug-likeness (QED) is 0.431. The van der Waals surface area contributed by atoms with Gasteiger partial charge in [-0.3, -0.25) is 8.63 Å². The van der Waals surface area contributed by atoms with E-state index in [1.807, 2.05) is 0 Å². The van der Waals surface area contributed by atoms with Crippen LogP contribution in [0, 0.1) is 0 Å². The smallest absolute Gasteiger partial charge is 0.396 e. The summed E-state index contributed by atoms with van der Waals surface area (Å²) in [6.45, 7) is -0.180. The molecule has 1 N–H and O–H groups in total. The van der Waals surface area contributed by atoms with Crippen LogP contribution in [-0.2, 0) is 4.65 Å². The Morgan fingerprint density at radius 2 is 2.12 bits per heavy atom. The van der Waals surface area contributed by atoms with E-state index in [0.29, 0.717) is 0 Å². The summed E-state index contributed by atoms with van der Waals surface area (Å²) in [6, 6.07) is 0. The van der Waals surface area contributed by atoms with Crippen LogP contribution in [0.25, 0.3) is 0 Å². The Bertz CT molecular complexity index is 52.5. The average molecular weight is 124 g/mol. The lowest BCUT2D eigenvalue weighted by Gasteiger charge is -1.94. The predicted molar refractivity (Wildman–Crippen MR) is 25.6 cm³/mol. The van der Waals surface area contributed by atoms with Crippen molar-refractivity contribution in [2.24, 2.45) is 0 Å². The lowest BCUT2D eigenvalue weighted by Crippen LogP contribution is -2.06. The molecule has 0 radical (unpaired) electrons. The van der Waals surface area contributed by atoms with Gasteiger partial charge in [-0.2, -0.15) is 0 Å². The van der Waals surface area contributed by atoms with E-state index >= 15 is 0 Å². The summed E-state index contributed by atoms with van der Waals surface area (Å²) in [5, 5.41) is 8.05. The molecule has 0 aromatic heterocycles. The molecular weight excluding hydrogens is 117 g/mol. The van der Waals surface area contributed by atoms with Gasteiger partial charge in [0.05, 0.1) is 0 Å². The maximum atomic E-state index is 11.1. The zero-order valence-electron chi connectivity index (χ0n) is 4.31. The van der Waals surface area contributed by atoms with Crippen LogP contribution in [0.15, 0.2) is 0 Å². The summed E-state index contributed by atoms with van der Waals surface area (Å²) < 4.78 is 25.9. The topological polar surface area (TPSA) is 29.5 Å². The van der Waals surface area contributed by atoms with Gasteiger partial charge in [0, 0.05) is 13.2 Å². The highest BCUT2D eigenvalue weighted by Gasteiger charge is 2.12. The second-order valence-electron chi connectivity index (χ2n) is 1.21. The molecule has 0 atom stereocenters. The summed E-state index contributed by atoms with van der Waals surface area (Å²) in [4.78, 5) is 0. The number of aliphatic hydroxyl groups is 1. The van der Waals surface area contributed by atoms with E-state index in [2.05, 4.69) is 4.65 Å². The van der Waals surface area contributed by atoms with E-state index in [1.54, 1.807) is 0 Å². The van der Waals surface area contributed by atoms with Gasteiger partial charge in [-0.05, 0) is 6.42 Å². The third-order valence-electron chi connectivity index (χ3n) is 0.546. The third-order valence-corrected chi connectivity index (χ3v) is 0.546. The van der Waals surface area contributed by atoms with Crippen LogP contribution in [0.1, 0.15) is 6.42 Å². The summed E-state index contributed by atoms with van der Waals surface area (Å²) in [5.41, 5.74) is 0. The maximum absolute atomic E-state index is 11.1. The largest absolute Gasteiger partial charge is 0.721 e. The van der Waals surface area contributed by atoms with Gasteiger partial charge in [0.25, 0.3) is 0 Å². The molecule has 0 aromatic rings. The molecule has 0 saturated heterocycles. The van der Waals surface area contributed by atoms with Crippen molar-refractivity contribution in [2.45, 2.75) is 6.42 Å². The second-order valence-corrected chi connectivity index (χ2v) is 1.21. The van der Waals surface area contributed by atoms with Crippen LogP contribution in [0.2, 0.25) is 0 Å². The van der Waals surface area contributed by atoms with Gasteiger partial charge >= 0.3 is 7.47 Å². The number of halogens is 2. The Morgan fingerprint density at radius 3 is 2.50 bits per heavy atom. The molecule has 0 rings (SSSR count). The Kier molecular flexibility index (Phi) is 4.89. The molecule has 0 unspecified atom stereocenters. The van der Waals surface area contributed by atoms with Crippen LogP contribution in [-0.4, -0.2) is 25.8 Å². The number of rotatable bonds is 4. The van der Waals surface area contributed by atoms with Crippen molar-refractivity contribution in [3.63, 3.8) is 0 Å². The highest BCUT2D eigenvalue weighted by atomic mass is 19.2. The molecule has 0 bridgehead atoms. The molecule has 0 fully saturated rings. The molecule has 48 valence electrons. The van der Waals surface area contributed by atoms with Gasteiger partial charge in [0.15, 0.2) is 0 Å². The Hall–Kier alpha value is -0.155. The van der Waals surface area contributed by atoms with Crippen molar-refractivity contribution < 1.29 is 18.4 Å². The zero-order chi connectivity index (χ0) is 6.41. The molecule has 0 aliphatic heterocycles. The molecule has 0 aromatic carbocycles. The molecule has 0 aliphatic carbocycles. The van der Waals surface area contributed by atoms with Gasteiger partial charge in [-0.25, -0.2) is 0 Å². The molecule has 0 spiro atoms. The Morgan fingerprint density at radius 1 is 1.50 bits per heavy atom. The fourth-order valence-electron chi connectivity index (χ4n) is 0.237. The first kappa shape index (κ1) is 7.84. The van der Waals surface area contributed by atoms with E-state index in [0.717, 1.165) is 0 Å². The number of aliphatic hydroxyl groups excluding tert-OH is 1. The highest BCUT2D eigenvalue weighted by molar-refractivity contribution is 6.34. The summed E-state index contributed by atoms with van der Waals surface area (Å²) >= 11 is 0. The molecule has 5 heteroatoms. The summed E-state index contributed by atoms with van der Waals surface area (Å²) in [6.07, 6.45) is 0.268. The fraction of sp³-hybridized carbons (Fsp3) is 1.00. The van der Waals surface area contributed by atoms with Gasteiger partial charge in [0.1, 0.15) is 0 Å². The van der Waals surface area contributed by atoms with Gasteiger partial charge < -0.3 is 9.76 Å². The van der Waals surface area contributed by atoms with Crippen molar-refractivity contribution in [1.82, 2.24) is 0 Å². The summed E-state index contributed by atoms with van der Waals surface area (Å²) in [7, 11) is -2.71. The van der Waals surface area contributed by atoms with Gasteiger partial charge in [-0.15, -0.1) is 0 Å². The molecule has 0 saturated carbocycles.